The number of aromatic nitrogens is 2. The highest BCUT2D eigenvalue weighted by atomic mass is 32.2. The Labute approximate surface area is 89.1 Å². The minimum Gasteiger partial charge on any atom is -0.340 e. The first-order valence-electron chi connectivity index (χ1n) is 5.20. The molecule has 1 atom stereocenters. The molecule has 2 rings (SSSR count). The van der Waals surface area contributed by atoms with Gasteiger partial charge in [-0.2, -0.15) is 0 Å². The van der Waals surface area contributed by atoms with Crippen molar-refractivity contribution in [1.29, 1.82) is 0 Å². The van der Waals surface area contributed by atoms with Crippen molar-refractivity contribution in [2.45, 2.75) is 31.0 Å². The number of H-pyrrole nitrogens is 1. The lowest BCUT2D eigenvalue weighted by Crippen LogP contribution is -2.24. The van der Waals surface area contributed by atoms with Gasteiger partial charge >= 0.3 is 0 Å². The van der Waals surface area contributed by atoms with E-state index in [0.29, 0.717) is 5.92 Å². The number of nitrogens with one attached hydrogen (secondary N) is 2. The van der Waals surface area contributed by atoms with Crippen LogP contribution in [0.5, 0.6) is 0 Å². The van der Waals surface area contributed by atoms with E-state index in [1.807, 2.05) is 6.20 Å². The largest absolute Gasteiger partial charge is 0.340 e. The van der Waals surface area contributed by atoms with Crippen LogP contribution in [0.15, 0.2) is 17.6 Å². The van der Waals surface area contributed by atoms with Gasteiger partial charge in [-0.05, 0) is 25.3 Å². The molecular formula is C10H17N3S. The van der Waals surface area contributed by atoms with Crippen molar-refractivity contribution in [3.8, 4) is 0 Å². The molecule has 0 aromatic carbocycles. The summed E-state index contributed by atoms with van der Waals surface area (Å²) in [6.07, 6.45) is 6.42. The Morgan fingerprint density at radius 3 is 3.21 bits per heavy atom. The lowest BCUT2D eigenvalue weighted by Gasteiger charge is -2.10. The first-order chi connectivity index (χ1) is 6.84. The average Bonchev–Trinajstić information content (AvgIpc) is 2.87. The van der Waals surface area contributed by atoms with Crippen LogP contribution < -0.4 is 5.32 Å². The first kappa shape index (κ1) is 10.1. The third kappa shape index (κ3) is 3.35. The van der Waals surface area contributed by atoms with Crippen LogP contribution in [0.1, 0.15) is 19.8 Å². The van der Waals surface area contributed by atoms with Crippen LogP contribution in [0.2, 0.25) is 0 Å². The van der Waals surface area contributed by atoms with Crippen molar-refractivity contribution in [2.75, 3.05) is 12.3 Å². The van der Waals surface area contributed by atoms with Crippen molar-refractivity contribution in [1.82, 2.24) is 15.3 Å². The smallest absolute Gasteiger partial charge is 0.165 e. The predicted molar refractivity (Wildman–Crippen MR) is 59.5 cm³/mol. The van der Waals surface area contributed by atoms with Gasteiger partial charge in [0, 0.05) is 24.2 Å². The number of thioether (sulfide) groups is 1. The molecule has 0 amide bonds. The molecule has 2 N–H and O–H groups in total. The molecule has 78 valence electrons. The number of nitrogens with zero attached hydrogens (tertiary/aromatic N) is 1. The van der Waals surface area contributed by atoms with Gasteiger partial charge in [0.05, 0.1) is 0 Å². The van der Waals surface area contributed by atoms with E-state index in [1.54, 1.807) is 18.0 Å². The minimum atomic E-state index is 0.714. The molecule has 1 aliphatic carbocycles. The number of imidazole rings is 1. The van der Waals surface area contributed by atoms with Gasteiger partial charge in [0.2, 0.25) is 0 Å². The molecule has 14 heavy (non-hydrogen) atoms. The van der Waals surface area contributed by atoms with Crippen LogP contribution in [-0.2, 0) is 0 Å². The zero-order chi connectivity index (χ0) is 9.80. The van der Waals surface area contributed by atoms with Gasteiger partial charge in [-0.3, -0.25) is 0 Å². The Morgan fingerprint density at radius 2 is 2.57 bits per heavy atom. The summed E-state index contributed by atoms with van der Waals surface area (Å²) in [7, 11) is 0. The quantitative estimate of drug-likeness (QED) is 0.706. The van der Waals surface area contributed by atoms with Gasteiger partial charge in [-0.25, -0.2) is 4.98 Å². The molecule has 1 aliphatic rings. The fourth-order valence-electron chi connectivity index (χ4n) is 1.27. The van der Waals surface area contributed by atoms with Crippen molar-refractivity contribution in [3.63, 3.8) is 0 Å². The summed E-state index contributed by atoms with van der Waals surface area (Å²) in [5.41, 5.74) is 0. The topological polar surface area (TPSA) is 40.7 Å². The van der Waals surface area contributed by atoms with E-state index < -0.39 is 0 Å². The summed E-state index contributed by atoms with van der Waals surface area (Å²) in [6, 6.07) is 0.825. The average molecular weight is 211 g/mol. The van der Waals surface area contributed by atoms with Gasteiger partial charge in [-0.15, -0.1) is 0 Å². The van der Waals surface area contributed by atoms with Crippen molar-refractivity contribution >= 4 is 11.8 Å². The molecule has 1 heterocycles. The molecule has 0 aliphatic heterocycles. The third-order valence-electron chi connectivity index (χ3n) is 2.31. The summed E-state index contributed by atoms with van der Waals surface area (Å²) < 4.78 is 0. The summed E-state index contributed by atoms with van der Waals surface area (Å²) in [6.45, 7) is 3.42. The van der Waals surface area contributed by atoms with E-state index in [-0.39, 0.29) is 0 Å². The van der Waals surface area contributed by atoms with Crippen LogP contribution >= 0.6 is 11.8 Å². The second-order valence-corrected chi connectivity index (χ2v) is 5.00. The molecule has 4 heteroatoms. The molecule has 1 fully saturated rings. The van der Waals surface area contributed by atoms with E-state index in [2.05, 4.69) is 22.2 Å². The van der Waals surface area contributed by atoms with Crippen molar-refractivity contribution in [2.24, 2.45) is 5.92 Å². The van der Waals surface area contributed by atoms with E-state index in [0.717, 1.165) is 23.5 Å². The Kier molecular flexibility index (Phi) is 3.48. The van der Waals surface area contributed by atoms with Gasteiger partial charge in [0.25, 0.3) is 0 Å². The summed E-state index contributed by atoms with van der Waals surface area (Å²) >= 11 is 1.80. The normalized spacial score (nSPS) is 18.4. The second kappa shape index (κ2) is 4.84. The lowest BCUT2D eigenvalue weighted by atomic mass is 10.2. The van der Waals surface area contributed by atoms with Crippen molar-refractivity contribution < 1.29 is 0 Å². The minimum absolute atomic E-state index is 0.714. The third-order valence-corrected chi connectivity index (χ3v) is 3.54. The first-order valence-corrected chi connectivity index (χ1v) is 6.18. The standard InChI is InChI=1S/C10H17N3S/c1-8(6-13-9-2-3-9)7-14-10-11-4-5-12-10/h4-5,8-9,13H,2-3,6-7H2,1H3,(H,11,12). The number of hydrogen-bond acceptors (Lipinski definition) is 3. The molecule has 1 unspecified atom stereocenters. The Hall–Kier alpha value is -0.480. The SMILES string of the molecule is CC(CNC1CC1)CSc1ncc[nH]1. The maximum Gasteiger partial charge on any atom is 0.165 e. The van der Waals surface area contributed by atoms with Crippen LogP contribution in [0.25, 0.3) is 0 Å². The van der Waals surface area contributed by atoms with Crippen molar-refractivity contribution in [3.05, 3.63) is 12.4 Å². The van der Waals surface area contributed by atoms with Gasteiger partial charge in [0.1, 0.15) is 0 Å². The Morgan fingerprint density at radius 1 is 1.71 bits per heavy atom. The highest BCUT2D eigenvalue weighted by Crippen LogP contribution is 2.20. The molecule has 0 radical (unpaired) electrons. The molecule has 1 aromatic rings. The Bertz CT molecular complexity index is 256. The number of aromatic amines is 1. The summed E-state index contributed by atoms with van der Waals surface area (Å²) in [4.78, 5) is 7.28. The second-order valence-electron chi connectivity index (χ2n) is 3.99. The van der Waals surface area contributed by atoms with Crippen LogP contribution in [0, 0.1) is 5.92 Å². The van der Waals surface area contributed by atoms with E-state index in [1.165, 1.54) is 12.8 Å². The van der Waals surface area contributed by atoms with Crippen LogP contribution in [0.3, 0.4) is 0 Å². The molecular weight excluding hydrogens is 194 g/mol. The Balaban J connectivity index is 1.59. The molecule has 0 bridgehead atoms. The van der Waals surface area contributed by atoms with Crippen LogP contribution in [-0.4, -0.2) is 28.3 Å². The highest BCUT2D eigenvalue weighted by Gasteiger charge is 2.20. The lowest BCUT2D eigenvalue weighted by molar-refractivity contribution is 0.556. The van der Waals surface area contributed by atoms with Crippen LogP contribution in [0.4, 0.5) is 0 Å². The maximum absolute atomic E-state index is 4.18. The molecule has 1 aromatic heterocycles. The molecule has 0 saturated heterocycles. The summed E-state index contributed by atoms with van der Waals surface area (Å²) in [5.74, 6) is 1.85. The van der Waals surface area contributed by atoms with E-state index in [9.17, 15) is 0 Å². The zero-order valence-electron chi connectivity index (χ0n) is 8.49. The number of rotatable bonds is 6. The van der Waals surface area contributed by atoms with Gasteiger partial charge in [0.15, 0.2) is 5.16 Å². The van der Waals surface area contributed by atoms with E-state index in [4.69, 9.17) is 0 Å². The van der Waals surface area contributed by atoms with Gasteiger partial charge < -0.3 is 10.3 Å². The maximum atomic E-state index is 4.18. The predicted octanol–water partition coefficient (Wildman–Crippen LogP) is 1.89. The summed E-state index contributed by atoms with van der Waals surface area (Å²) in [5, 5.41) is 4.57. The highest BCUT2D eigenvalue weighted by molar-refractivity contribution is 7.99. The fourth-order valence-corrected chi connectivity index (χ4v) is 2.11. The number of hydrogen-bond donors (Lipinski definition) is 2. The molecule has 1 saturated carbocycles. The fraction of sp³-hybridized carbons (Fsp3) is 0.700. The van der Waals surface area contributed by atoms with E-state index >= 15 is 0 Å². The monoisotopic (exact) mass is 211 g/mol. The zero-order valence-corrected chi connectivity index (χ0v) is 9.31. The molecule has 0 spiro atoms. The molecule has 3 nitrogen and oxygen atoms in total. The van der Waals surface area contributed by atoms with Gasteiger partial charge in [-0.1, -0.05) is 18.7 Å².